The minimum absolute atomic E-state index is 0.247. The number of hydrogen-bond donors (Lipinski definition) is 1. The van der Waals surface area contributed by atoms with Gasteiger partial charge in [0.25, 0.3) is 0 Å². The maximum Gasteiger partial charge on any atom is 0.416 e. The first kappa shape index (κ1) is 16.0. The minimum atomic E-state index is -4.39. The van der Waals surface area contributed by atoms with Gasteiger partial charge in [0.1, 0.15) is 5.82 Å². The van der Waals surface area contributed by atoms with Gasteiger partial charge in [-0.25, -0.2) is 4.98 Å². The van der Waals surface area contributed by atoms with Crippen LogP contribution in [0.15, 0.2) is 48.5 Å². The maximum absolute atomic E-state index is 12.8. The third-order valence-corrected chi connectivity index (χ3v) is 3.45. The van der Waals surface area contributed by atoms with E-state index < -0.39 is 11.7 Å². The Bertz CT molecular complexity index is 875. The number of nitrogens with zero attached hydrogens (tertiary/aromatic N) is 3. The first-order valence-corrected chi connectivity index (χ1v) is 7.23. The average Bonchev–Trinajstić information content (AvgIpc) is 2.53. The molecule has 3 rings (SSSR count). The summed E-state index contributed by atoms with van der Waals surface area (Å²) < 4.78 is 38.5. The van der Waals surface area contributed by atoms with Gasteiger partial charge in [-0.05, 0) is 30.3 Å². The topological polar surface area (TPSA) is 41.1 Å². The number of fused-ring (bicyclic) bond motifs is 1. The Balaban J connectivity index is 2.02. The van der Waals surface area contributed by atoms with Gasteiger partial charge in [-0.15, -0.1) is 0 Å². The van der Waals surface area contributed by atoms with Crippen LogP contribution in [0.2, 0.25) is 0 Å². The van der Waals surface area contributed by atoms with Crippen molar-refractivity contribution >= 4 is 28.4 Å². The molecule has 3 aromatic rings. The first-order chi connectivity index (χ1) is 11.3. The van der Waals surface area contributed by atoms with E-state index in [1.54, 1.807) is 6.07 Å². The number of hydrogen-bond acceptors (Lipinski definition) is 4. The lowest BCUT2D eigenvalue weighted by Gasteiger charge is -2.16. The second kappa shape index (κ2) is 5.99. The van der Waals surface area contributed by atoms with Gasteiger partial charge in [0.05, 0.1) is 11.1 Å². The molecule has 1 N–H and O–H groups in total. The molecule has 1 aromatic heterocycles. The summed E-state index contributed by atoms with van der Waals surface area (Å²) in [6.07, 6.45) is -4.39. The molecule has 124 valence electrons. The van der Waals surface area contributed by atoms with Crippen LogP contribution in [0.3, 0.4) is 0 Å². The molecule has 2 aromatic carbocycles. The Kier molecular flexibility index (Phi) is 4.01. The van der Waals surface area contributed by atoms with Gasteiger partial charge >= 0.3 is 6.18 Å². The highest BCUT2D eigenvalue weighted by Crippen LogP contribution is 2.31. The second-order valence-electron chi connectivity index (χ2n) is 5.49. The molecule has 0 aliphatic carbocycles. The van der Waals surface area contributed by atoms with Crippen molar-refractivity contribution < 1.29 is 13.2 Å². The van der Waals surface area contributed by atoms with E-state index >= 15 is 0 Å². The van der Waals surface area contributed by atoms with E-state index in [-0.39, 0.29) is 11.6 Å². The number of anilines is 3. The molecule has 0 spiro atoms. The van der Waals surface area contributed by atoms with Crippen LogP contribution in [-0.2, 0) is 6.18 Å². The lowest BCUT2D eigenvalue weighted by atomic mass is 10.2. The monoisotopic (exact) mass is 332 g/mol. The molecule has 0 atom stereocenters. The zero-order chi connectivity index (χ0) is 17.3. The maximum atomic E-state index is 12.8. The number of nitrogens with one attached hydrogen (secondary N) is 1. The third-order valence-electron chi connectivity index (χ3n) is 3.45. The van der Waals surface area contributed by atoms with Crippen molar-refractivity contribution in [2.75, 3.05) is 24.3 Å². The number of para-hydroxylation sites is 1. The summed E-state index contributed by atoms with van der Waals surface area (Å²) in [5.74, 6) is 0.937. The van der Waals surface area contributed by atoms with Crippen molar-refractivity contribution in [3.05, 3.63) is 54.1 Å². The van der Waals surface area contributed by atoms with Crippen LogP contribution in [0.25, 0.3) is 10.9 Å². The normalized spacial score (nSPS) is 11.5. The van der Waals surface area contributed by atoms with Crippen LogP contribution in [0, 0.1) is 0 Å². The molecular weight excluding hydrogens is 317 g/mol. The van der Waals surface area contributed by atoms with Gasteiger partial charge in [0.2, 0.25) is 5.95 Å². The van der Waals surface area contributed by atoms with Crippen molar-refractivity contribution in [2.24, 2.45) is 0 Å². The fourth-order valence-electron chi connectivity index (χ4n) is 2.36. The standard InChI is InChI=1S/C17H15F3N4/c1-24(2)15-13-8-3-4-9-14(13)22-16(23-15)21-12-7-5-6-11(10-12)17(18,19)20/h3-10H,1-2H3,(H,21,22,23). The molecule has 24 heavy (non-hydrogen) atoms. The highest BCUT2D eigenvalue weighted by Gasteiger charge is 2.30. The minimum Gasteiger partial charge on any atom is -0.362 e. The summed E-state index contributed by atoms with van der Waals surface area (Å²) in [6.45, 7) is 0. The Labute approximate surface area is 137 Å². The summed E-state index contributed by atoms with van der Waals surface area (Å²) in [6, 6.07) is 12.4. The largest absolute Gasteiger partial charge is 0.416 e. The molecule has 0 aliphatic heterocycles. The highest BCUT2D eigenvalue weighted by atomic mass is 19.4. The third kappa shape index (κ3) is 3.24. The molecule has 1 heterocycles. The van der Waals surface area contributed by atoms with E-state index in [1.807, 2.05) is 43.3 Å². The Morgan fingerprint density at radius 1 is 0.958 bits per heavy atom. The lowest BCUT2D eigenvalue weighted by Crippen LogP contribution is -2.13. The van der Waals surface area contributed by atoms with E-state index in [2.05, 4.69) is 15.3 Å². The fraction of sp³-hybridized carbons (Fsp3) is 0.176. The van der Waals surface area contributed by atoms with Crippen molar-refractivity contribution in [1.29, 1.82) is 0 Å². The van der Waals surface area contributed by atoms with Gasteiger partial charge < -0.3 is 10.2 Å². The van der Waals surface area contributed by atoms with Crippen molar-refractivity contribution in [2.45, 2.75) is 6.18 Å². The van der Waals surface area contributed by atoms with Crippen molar-refractivity contribution in [3.63, 3.8) is 0 Å². The van der Waals surface area contributed by atoms with E-state index in [0.29, 0.717) is 11.3 Å². The summed E-state index contributed by atoms with van der Waals surface area (Å²) in [5.41, 5.74) is 0.275. The van der Waals surface area contributed by atoms with Crippen LogP contribution in [0.4, 0.5) is 30.6 Å². The predicted octanol–water partition coefficient (Wildman–Crippen LogP) is 4.46. The fourth-order valence-corrected chi connectivity index (χ4v) is 2.36. The van der Waals surface area contributed by atoms with E-state index in [1.165, 1.54) is 6.07 Å². The van der Waals surface area contributed by atoms with E-state index in [9.17, 15) is 13.2 Å². The summed E-state index contributed by atoms with van der Waals surface area (Å²) in [7, 11) is 3.70. The Hall–Kier alpha value is -2.83. The molecule has 0 fully saturated rings. The van der Waals surface area contributed by atoms with Crippen LogP contribution < -0.4 is 10.2 Å². The van der Waals surface area contributed by atoms with Crippen LogP contribution >= 0.6 is 0 Å². The molecular formula is C17H15F3N4. The molecule has 0 unspecified atom stereocenters. The SMILES string of the molecule is CN(C)c1nc(Nc2cccc(C(F)(F)F)c2)nc2ccccc12. The Morgan fingerprint density at radius 3 is 2.42 bits per heavy atom. The average molecular weight is 332 g/mol. The number of aromatic nitrogens is 2. The number of rotatable bonds is 3. The molecule has 0 radical (unpaired) electrons. The molecule has 4 nitrogen and oxygen atoms in total. The molecule has 7 heteroatoms. The zero-order valence-corrected chi connectivity index (χ0v) is 13.1. The van der Waals surface area contributed by atoms with Crippen LogP contribution in [0.5, 0.6) is 0 Å². The van der Waals surface area contributed by atoms with Gasteiger partial charge in [0.15, 0.2) is 0 Å². The summed E-state index contributed by atoms with van der Waals surface area (Å²) in [4.78, 5) is 10.6. The van der Waals surface area contributed by atoms with Gasteiger partial charge in [0, 0.05) is 25.2 Å². The number of benzene rings is 2. The smallest absolute Gasteiger partial charge is 0.362 e. The lowest BCUT2D eigenvalue weighted by molar-refractivity contribution is -0.137. The quantitative estimate of drug-likeness (QED) is 0.769. The second-order valence-corrected chi connectivity index (χ2v) is 5.49. The molecule has 0 saturated carbocycles. The molecule has 0 amide bonds. The van der Waals surface area contributed by atoms with Crippen LogP contribution in [-0.4, -0.2) is 24.1 Å². The van der Waals surface area contributed by atoms with Crippen molar-refractivity contribution in [1.82, 2.24) is 9.97 Å². The van der Waals surface area contributed by atoms with E-state index in [4.69, 9.17) is 0 Å². The molecule has 0 saturated heterocycles. The van der Waals surface area contributed by atoms with Gasteiger partial charge in [-0.3, -0.25) is 0 Å². The summed E-state index contributed by atoms with van der Waals surface area (Å²) in [5, 5.41) is 3.73. The highest BCUT2D eigenvalue weighted by molar-refractivity contribution is 5.90. The first-order valence-electron chi connectivity index (χ1n) is 7.23. The predicted molar refractivity (Wildman–Crippen MR) is 88.6 cm³/mol. The van der Waals surface area contributed by atoms with Crippen molar-refractivity contribution in [3.8, 4) is 0 Å². The molecule has 0 aliphatic rings. The number of alkyl halides is 3. The molecule has 0 bridgehead atoms. The number of halogens is 3. The van der Waals surface area contributed by atoms with E-state index in [0.717, 1.165) is 17.5 Å². The van der Waals surface area contributed by atoms with Gasteiger partial charge in [-0.2, -0.15) is 18.2 Å². The zero-order valence-electron chi connectivity index (χ0n) is 13.1. The van der Waals surface area contributed by atoms with Crippen LogP contribution in [0.1, 0.15) is 5.56 Å². The Morgan fingerprint density at radius 2 is 1.71 bits per heavy atom. The van der Waals surface area contributed by atoms with Gasteiger partial charge in [-0.1, -0.05) is 18.2 Å². The summed E-state index contributed by atoms with van der Waals surface area (Å²) >= 11 is 0.